The molecule has 41 heavy (non-hydrogen) atoms. The number of benzene rings is 1. The SMILES string of the molecule is O=C(CC1CCCC1)N1CCN(c2ccnc(OC3CCC(Cc4ccc([N+](=O)[O-])c(C(F)(F)F)c4)CC3)c2)CC1. The quantitative estimate of drug-likeness (QED) is 0.267. The fourth-order valence-electron chi connectivity index (χ4n) is 6.52. The summed E-state index contributed by atoms with van der Waals surface area (Å²) in [4.78, 5) is 31.4. The maximum atomic E-state index is 13.3. The number of hydrogen-bond donors (Lipinski definition) is 0. The number of amides is 1. The molecule has 8 nitrogen and oxygen atoms in total. The summed E-state index contributed by atoms with van der Waals surface area (Å²) in [7, 11) is 0. The summed E-state index contributed by atoms with van der Waals surface area (Å²) in [6.07, 6.45) is 6.00. The molecule has 0 atom stereocenters. The van der Waals surface area contributed by atoms with Gasteiger partial charge in [-0.3, -0.25) is 14.9 Å². The van der Waals surface area contributed by atoms with Gasteiger partial charge in [0.15, 0.2) is 0 Å². The second kappa shape index (κ2) is 12.7. The lowest BCUT2D eigenvalue weighted by molar-refractivity contribution is -0.388. The van der Waals surface area contributed by atoms with Crippen molar-refractivity contribution in [3.63, 3.8) is 0 Å². The number of carbonyl (C=O) groups is 1. The van der Waals surface area contributed by atoms with E-state index in [4.69, 9.17) is 4.74 Å². The van der Waals surface area contributed by atoms with Crippen LogP contribution in [0.1, 0.15) is 68.9 Å². The van der Waals surface area contributed by atoms with Crippen LogP contribution in [0.2, 0.25) is 0 Å². The van der Waals surface area contributed by atoms with Crippen LogP contribution in [0, 0.1) is 22.0 Å². The number of piperazine rings is 1. The van der Waals surface area contributed by atoms with Crippen LogP contribution in [0.4, 0.5) is 24.5 Å². The van der Waals surface area contributed by atoms with E-state index in [0.29, 0.717) is 43.3 Å². The first-order valence-electron chi connectivity index (χ1n) is 14.7. The molecule has 1 aliphatic heterocycles. The number of halogens is 3. The fraction of sp³-hybridized carbons (Fsp3) is 0.600. The van der Waals surface area contributed by atoms with E-state index in [1.807, 2.05) is 17.0 Å². The minimum atomic E-state index is -4.77. The van der Waals surface area contributed by atoms with Gasteiger partial charge in [-0.25, -0.2) is 4.98 Å². The van der Waals surface area contributed by atoms with Gasteiger partial charge in [-0.15, -0.1) is 0 Å². The molecular formula is C30H37F3N4O4. The maximum absolute atomic E-state index is 13.3. The Kier molecular flexibility index (Phi) is 8.99. The van der Waals surface area contributed by atoms with Gasteiger partial charge in [-0.2, -0.15) is 13.2 Å². The number of carbonyl (C=O) groups excluding carboxylic acids is 1. The minimum Gasteiger partial charge on any atom is -0.474 e. The van der Waals surface area contributed by atoms with E-state index in [0.717, 1.165) is 56.6 Å². The van der Waals surface area contributed by atoms with Crippen molar-refractivity contribution in [2.45, 2.75) is 76.5 Å². The molecule has 1 aromatic carbocycles. The fourth-order valence-corrected chi connectivity index (χ4v) is 6.52. The number of aromatic nitrogens is 1. The Labute approximate surface area is 238 Å². The third-order valence-corrected chi connectivity index (χ3v) is 8.82. The Morgan fingerprint density at radius 3 is 2.34 bits per heavy atom. The highest BCUT2D eigenvalue weighted by Gasteiger charge is 2.38. The molecule has 222 valence electrons. The lowest BCUT2D eigenvalue weighted by Gasteiger charge is -2.36. The Bertz CT molecular complexity index is 1220. The van der Waals surface area contributed by atoms with E-state index in [1.165, 1.54) is 31.7 Å². The molecule has 1 amide bonds. The summed E-state index contributed by atoms with van der Waals surface area (Å²) in [5.41, 5.74) is -0.630. The van der Waals surface area contributed by atoms with Crippen LogP contribution >= 0.6 is 0 Å². The monoisotopic (exact) mass is 574 g/mol. The van der Waals surface area contributed by atoms with Crippen molar-refractivity contribution in [1.82, 2.24) is 9.88 Å². The second-order valence-corrected chi connectivity index (χ2v) is 11.6. The van der Waals surface area contributed by atoms with Crippen molar-refractivity contribution >= 4 is 17.3 Å². The lowest BCUT2D eigenvalue weighted by atomic mass is 9.83. The molecule has 2 heterocycles. The first-order valence-corrected chi connectivity index (χ1v) is 14.7. The molecule has 2 aliphatic carbocycles. The van der Waals surface area contributed by atoms with Crippen LogP contribution in [0.5, 0.6) is 5.88 Å². The molecule has 0 radical (unpaired) electrons. The van der Waals surface area contributed by atoms with Crippen molar-refractivity contribution < 1.29 is 27.6 Å². The number of ether oxygens (including phenoxy) is 1. The Morgan fingerprint density at radius 2 is 1.68 bits per heavy atom. The molecule has 0 bridgehead atoms. The van der Waals surface area contributed by atoms with Crippen molar-refractivity contribution in [2.75, 3.05) is 31.1 Å². The van der Waals surface area contributed by atoms with E-state index in [2.05, 4.69) is 9.88 Å². The molecule has 11 heteroatoms. The summed E-state index contributed by atoms with van der Waals surface area (Å²) in [5.74, 6) is 1.57. The molecule has 0 unspecified atom stereocenters. The van der Waals surface area contributed by atoms with Gasteiger partial charge in [0.25, 0.3) is 5.69 Å². The lowest BCUT2D eigenvalue weighted by Crippen LogP contribution is -2.49. The summed E-state index contributed by atoms with van der Waals surface area (Å²) < 4.78 is 46.2. The van der Waals surface area contributed by atoms with Crippen LogP contribution in [-0.2, 0) is 17.4 Å². The Morgan fingerprint density at radius 1 is 0.976 bits per heavy atom. The number of pyridine rings is 1. The third kappa shape index (κ3) is 7.48. The smallest absolute Gasteiger partial charge is 0.423 e. The highest BCUT2D eigenvalue weighted by Crippen LogP contribution is 2.38. The van der Waals surface area contributed by atoms with E-state index in [1.54, 1.807) is 6.20 Å². The van der Waals surface area contributed by atoms with Crippen LogP contribution in [-0.4, -0.2) is 53.0 Å². The van der Waals surface area contributed by atoms with Crippen LogP contribution < -0.4 is 9.64 Å². The predicted octanol–water partition coefficient (Wildman–Crippen LogP) is 6.42. The summed E-state index contributed by atoms with van der Waals surface area (Å²) in [5, 5.41) is 11.0. The van der Waals surface area contributed by atoms with E-state index in [-0.39, 0.29) is 17.9 Å². The van der Waals surface area contributed by atoms with Crippen LogP contribution in [0.15, 0.2) is 36.5 Å². The molecule has 5 rings (SSSR count). The Balaban J connectivity index is 1.09. The van der Waals surface area contributed by atoms with Gasteiger partial charge >= 0.3 is 6.18 Å². The summed E-state index contributed by atoms with van der Waals surface area (Å²) in [6, 6.07) is 7.20. The zero-order valence-corrected chi connectivity index (χ0v) is 23.2. The molecule has 3 aliphatic rings. The number of nitro groups is 1. The number of rotatable bonds is 8. The zero-order valence-electron chi connectivity index (χ0n) is 23.2. The number of nitro benzene ring substituents is 1. The molecule has 1 saturated heterocycles. The highest BCUT2D eigenvalue weighted by atomic mass is 19.4. The van der Waals surface area contributed by atoms with Gasteiger partial charge in [-0.1, -0.05) is 18.9 Å². The molecule has 2 saturated carbocycles. The summed E-state index contributed by atoms with van der Waals surface area (Å²) in [6.45, 7) is 2.97. The standard InChI is InChI=1S/C30H37F3N4O4/c31-30(32,33)26-18-23(7-10-27(26)37(39)40)17-22-5-8-25(9-6-22)41-28-20-24(11-12-34-28)35-13-15-36(16-14-35)29(38)19-21-3-1-2-4-21/h7,10-12,18,20-22,25H,1-6,8-9,13-17,19H2. The molecule has 1 aromatic heterocycles. The van der Waals surface area contributed by atoms with Crippen molar-refractivity contribution in [3.8, 4) is 5.88 Å². The van der Waals surface area contributed by atoms with Gasteiger partial charge in [0.1, 0.15) is 11.7 Å². The van der Waals surface area contributed by atoms with Gasteiger partial charge in [0, 0.05) is 56.6 Å². The number of nitrogens with zero attached hydrogens (tertiary/aromatic N) is 4. The van der Waals surface area contributed by atoms with Gasteiger partial charge < -0.3 is 14.5 Å². The largest absolute Gasteiger partial charge is 0.474 e. The van der Waals surface area contributed by atoms with E-state index < -0.39 is 22.4 Å². The summed E-state index contributed by atoms with van der Waals surface area (Å²) >= 11 is 0. The predicted molar refractivity (Wildman–Crippen MR) is 148 cm³/mol. The van der Waals surface area contributed by atoms with Gasteiger partial charge in [0.2, 0.25) is 11.8 Å². The van der Waals surface area contributed by atoms with Crippen LogP contribution in [0.25, 0.3) is 0 Å². The average Bonchev–Trinajstić information content (AvgIpc) is 3.47. The highest BCUT2D eigenvalue weighted by molar-refractivity contribution is 5.76. The van der Waals surface area contributed by atoms with Crippen molar-refractivity contribution in [1.29, 1.82) is 0 Å². The normalized spacial score (nSPS) is 22.1. The third-order valence-electron chi connectivity index (χ3n) is 8.82. The van der Waals surface area contributed by atoms with E-state index in [9.17, 15) is 28.1 Å². The molecular weight excluding hydrogens is 537 g/mol. The van der Waals surface area contributed by atoms with Gasteiger partial charge in [-0.05, 0) is 74.5 Å². The Hall–Kier alpha value is -3.37. The second-order valence-electron chi connectivity index (χ2n) is 11.6. The number of alkyl halides is 3. The maximum Gasteiger partial charge on any atom is 0.423 e. The molecule has 3 fully saturated rings. The average molecular weight is 575 g/mol. The minimum absolute atomic E-state index is 0.0262. The molecule has 0 spiro atoms. The van der Waals surface area contributed by atoms with E-state index >= 15 is 0 Å². The first kappa shape index (κ1) is 29.1. The molecule has 0 N–H and O–H groups in total. The van der Waals surface area contributed by atoms with Gasteiger partial charge in [0.05, 0.1) is 4.92 Å². The van der Waals surface area contributed by atoms with Crippen molar-refractivity contribution in [3.05, 3.63) is 57.8 Å². The zero-order chi connectivity index (χ0) is 29.0. The number of anilines is 1. The number of hydrogen-bond acceptors (Lipinski definition) is 6. The van der Waals surface area contributed by atoms with Crippen molar-refractivity contribution in [2.24, 2.45) is 11.8 Å². The molecule has 2 aromatic rings. The topological polar surface area (TPSA) is 88.8 Å². The first-order chi connectivity index (χ1) is 19.7. The van der Waals surface area contributed by atoms with Crippen LogP contribution in [0.3, 0.4) is 0 Å².